The van der Waals surface area contributed by atoms with Crippen molar-refractivity contribution in [1.29, 1.82) is 0 Å². The summed E-state index contributed by atoms with van der Waals surface area (Å²) in [4.78, 5) is 24.3. The third kappa shape index (κ3) is 4.73. The highest BCUT2D eigenvalue weighted by Crippen LogP contribution is 2.40. The molecule has 0 aliphatic heterocycles. The van der Waals surface area contributed by atoms with Crippen LogP contribution in [0, 0.1) is 5.92 Å². The Bertz CT molecular complexity index is 574. The van der Waals surface area contributed by atoms with Gasteiger partial charge in [0.25, 0.3) is 0 Å². The predicted molar refractivity (Wildman–Crippen MR) is 104 cm³/mol. The van der Waals surface area contributed by atoms with Crippen LogP contribution in [0.2, 0.25) is 0 Å². The lowest BCUT2D eigenvalue weighted by atomic mass is 9.67. The lowest BCUT2D eigenvalue weighted by Crippen LogP contribution is -2.35. The van der Waals surface area contributed by atoms with Crippen molar-refractivity contribution in [2.24, 2.45) is 11.7 Å². The summed E-state index contributed by atoms with van der Waals surface area (Å²) in [6, 6.07) is 8.08. The molecule has 0 radical (unpaired) electrons. The highest BCUT2D eigenvalue weighted by molar-refractivity contribution is 5.78. The molecule has 1 aliphatic carbocycles. The molecule has 1 aliphatic rings. The van der Waals surface area contributed by atoms with Crippen LogP contribution in [0.25, 0.3) is 0 Å². The van der Waals surface area contributed by atoms with Crippen molar-refractivity contribution in [2.75, 3.05) is 13.2 Å². The van der Waals surface area contributed by atoms with E-state index < -0.39 is 5.41 Å². The van der Waals surface area contributed by atoms with E-state index in [4.69, 9.17) is 10.5 Å². The molecule has 0 saturated heterocycles. The maximum atomic E-state index is 12.3. The summed E-state index contributed by atoms with van der Waals surface area (Å²) in [5, 5.41) is 0. The number of carbonyl (C=O) groups is 2. The second-order valence-corrected chi connectivity index (χ2v) is 7.52. The fourth-order valence-electron chi connectivity index (χ4n) is 4.02. The summed E-state index contributed by atoms with van der Waals surface area (Å²) in [7, 11) is 0. The number of hydrogen-bond acceptors (Lipinski definition) is 4. The molecule has 1 unspecified atom stereocenters. The topological polar surface area (TPSA) is 69.4 Å². The smallest absolute Gasteiger partial charge is 0.313 e. The van der Waals surface area contributed by atoms with Crippen LogP contribution in [0.5, 0.6) is 0 Å². The van der Waals surface area contributed by atoms with E-state index in [1.165, 1.54) is 0 Å². The van der Waals surface area contributed by atoms with Crippen LogP contribution >= 0.6 is 0 Å². The third-order valence-electron chi connectivity index (χ3n) is 5.86. The summed E-state index contributed by atoms with van der Waals surface area (Å²) in [6.07, 6.45) is 7.66. The lowest BCUT2D eigenvalue weighted by molar-refractivity contribution is -0.145. The number of rotatable bonds is 9. The molecule has 2 rings (SSSR count). The van der Waals surface area contributed by atoms with Crippen molar-refractivity contribution in [3.05, 3.63) is 35.4 Å². The van der Waals surface area contributed by atoms with Crippen LogP contribution < -0.4 is 5.73 Å². The number of hydrogen-bond donors (Lipinski definition) is 1. The van der Waals surface area contributed by atoms with Crippen LogP contribution in [-0.2, 0) is 19.7 Å². The monoisotopic (exact) mass is 359 g/mol. The molecule has 1 aromatic carbocycles. The van der Waals surface area contributed by atoms with E-state index in [1.807, 2.05) is 31.2 Å². The minimum absolute atomic E-state index is 0.151. The highest BCUT2D eigenvalue weighted by Gasteiger charge is 2.36. The van der Waals surface area contributed by atoms with Gasteiger partial charge in [-0.2, -0.15) is 0 Å². The highest BCUT2D eigenvalue weighted by atomic mass is 16.5. The van der Waals surface area contributed by atoms with Crippen LogP contribution in [-0.4, -0.2) is 25.4 Å². The zero-order valence-electron chi connectivity index (χ0n) is 16.2. The minimum atomic E-state index is -0.396. The Labute approximate surface area is 157 Å². The minimum Gasteiger partial charge on any atom is -0.466 e. The Kier molecular flexibility index (Phi) is 7.83. The summed E-state index contributed by atoms with van der Waals surface area (Å²) in [5.74, 6) is 0.163. The molecule has 0 bridgehead atoms. The summed E-state index contributed by atoms with van der Waals surface area (Å²) < 4.78 is 5.26. The molecule has 0 aromatic heterocycles. The van der Waals surface area contributed by atoms with Gasteiger partial charge < -0.3 is 15.3 Å². The molecule has 1 atom stereocenters. The van der Waals surface area contributed by atoms with Gasteiger partial charge >= 0.3 is 5.97 Å². The molecule has 4 nitrogen and oxygen atoms in total. The summed E-state index contributed by atoms with van der Waals surface area (Å²) >= 11 is 0. The third-order valence-corrected chi connectivity index (χ3v) is 5.86. The van der Waals surface area contributed by atoms with Crippen molar-refractivity contribution < 1.29 is 14.3 Å². The molecule has 0 heterocycles. The van der Waals surface area contributed by atoms with E-state index in [0.717, 1.165) is 62.4 Å². The Hall–Kier alpha value is -1.68. The zero-order chi connectivity index (χ0) is 19.0. The number of nitrogens with two attached hydrogens (primary N) is 1. The zero-order valence-corrected chi connectivity index (χ0v) is 16.2. The van der Waals surface area contributed by atoms with Crippen LogP contribution in [0.1, 0.15) is 75.8 Å². The maximum absolute atomic E-state index is 12.3. The SMILES string of the molecule is CCCCC(C(=O)OCC)c1ccc(C2(C=O)CCC(CN)CC2)cc1. The Morgan fingerprint density at radius 3 is 2.42 bits per heavy atom. The number of unbranched alkanes of at least 4 members (excludes halogenated alkanes) is 1. The van der Waals surface area contributed by atoms with Crippen molar-refractivity contribution in [2.45, 2.75) is 70.1 Å². The number of carbonyl (C=O) groups excluding carboxylic acids is 2. The van der Waals surface area contributed by atoms with Gasteiger partial charge in [-0.3, -0.25) is 4.79 Å². The normalized spacial score (nSPS) is 24.0. The fraction of sp³-hybridized carbons (Fsp3) is 0.636. The van der Waals surface area contributed by atoms with Gasteiger partial charge in [-0.05, 0) is 62.6 Å². The van der Waals surface area contributed by atoms with Gasteiger partial charge in [-0.25, -0.2) is 0 Å². The Morgan fingerprint density at radius 1 is 1.27 bits per heavy atom. The van der Waals surface area contributed by atoms with Gasteiger partial charge in [0.05, 0.1) is 17.9 Å². The van der Waals surface area contributed by atoms with E-state index in [0.29, 0.717) is 19.1 Å². The van der Waals surface area contributed by atoms with Crippen LogP contribution in [0.4, 0.5) is 0 Å². The molecule has 0 amide bonds. The summed E-state index contributed by atoms with van der Waals surface area (Å²) in [6.45, 7) is 5.06. The number of ether oxygens (including phenoxy) is 1. The van der Waals surface area contributed by atoms with Crippen molar-refractivity contribution in [1.82, 2.24) is 0 Å². The fourth-order valence-corrected chi connectivity index (χ4v) is 4.02. The van der Waals surface area contributed by atoms with Crippen LogP contribution in [0.15, 0.2) is 24.3 Å². The molecule has 4 heteroatoms. The largest absolute Gasteiger partial charge is 0.466 e. The number of esters is 1. The van der Waals surface area contributed by atoms with Gasteiger partial charge in [-0.15, -0.1) is 0 Å². The van der Waals surface area contributed by atoms with Crippen molar-refractivity contribution in [3.8, 4) is 0 Å². The first-order chi connectivity index (χ1) is 12.6. The number of benzene rings is 1. The number of aldehydes is 1. The van der Waals surface area contributed by atoms with Crippen LogP contribution in [0.3, 0.4) is 0 Å². The van der Waals surface area contributed by atoms with E-state index >= 15 is 0 Å². The van der Waals surface area contributed by atoms with E-state index in [1.54, 1.807) is 0 Å². The molecule has 1 saturated carbocycles. The van der Waals surface area contributed by atoms with Gasteiger partial charge in [-0.1, -0.05) is 44.0 Å². The molecular weight excluding hydrogens is 326 g/mol. The molecule has 1 fully saturated rings. The average molecular weight is 360 g/mol. The second-order valence-electron chi connectivity index (χ2n) is 7.52. The van der Waals surface area contributed by atoms with Crippen molar-refractivity contribution >= 4 is 12.3 Å². The van der Waals surface area contributed by atoms with Gasteiger partial charge in [0.1, 0.15) is 6.29 Å². The van der Waals surface area contributed by atoms with E-state index in [-0.39, 0.29) is 11.9 Å². The van der Waals surface area contributed by atoms with Crippen molar-refractivity contribution in [3.63, 3.8) is 0 Å². The molecule has 144 valence electrons. The van der Waals surface area contributed by atoms with Gasteiger partial charge in [0.15, 0.2) is 0 Å². The Morgan fingerprint density at radius 2 is 1.92 bits per heavy atom. The lowest BCUT2D eigenvalue weighted by Gasteiger charge is -2.36. The van der Waals surface area contributed by atoms with Gasteiger partial charge in [0, 0.05) is 0 Å². The first kappa shape index (κ1) is 20.6. The summed E-state index contributed by atoms with van der Waals surface area (Å²) in [5.41, 5.74) is 7.43. The molecular formula is C22H33NO3. The molecule has 26 heavy (non-hydrogen) atoms. The van der Waals surface area contributed by atoms with E-state index in [9.17, 15) is 9.59 Å². The standard InChI is InChI=1S/C22H33NO3/c1-3-5-6-20(21(25)26-4-2)18-7-9-19(10-8-18)22(16-24)13-11-17(15-23)12-14-22/h7-10,16-17,20H,3-6,11-15,23H2,1-2H3. The second kappa shape index (κ2) is 9.86. The first-order valence-corrected chi connectivity index (χ1v) is 10.0. The first-order valence-electron chi connectivity index (χ1n) is 10.0. The van der Waals surface area contributed by atoms with E-state index in [2.05, 4.69) is 6.92 Å². The Balaban J connectivity index is 2.19. The quantitative estimate of drug-likeness (QED) is 0.532. The predicted octanol–water partition coefficient (Wildman–Crippen LogP) is 4.11. The van der Waals surface area contributed by atoms with Gasteiger partial charge in [0.2, 0.25) is 0 Å². The molecule has 2 N–H and O–H groups in total. The maximum Gasteiger partial charge on any atom is 0.313 e. The molecule has 1 aromatic rings. The average Bonchev–Trinajstić information content (AvgIpc) is 2.69. The molecule has 0 spiro atoms.